The van der Waals surface area contributed by atoms with Gasteiger partial charge in [0.25, 0.3) is 5.91 Å². The second kappa shape index (κ2) is 7.12. The Morgan fingerprint density at radius 2 is 2.12 bits per heavy atom. The van der Waals surface area contributed by atoms with Gasteiger partial charge in [0.1, 0.15) is 11.4 Å². The number of carbonyl (C=O) groups is 2. The summed E-state index contributed by atoms with van der Waals surface area (Å²) in [7, 11) is 1.30. The number of amides is 1. The summed E-state index contributed by atoms with van der Waals surface area (Å²) in [5, 5.41) is 2.86. The van der Waals surface area contributed by atoms with Gasteiger partial charge in [-0.1, -0.05) is 18.2 Å². The summed E-state index contributed by atoms with van der Waals surface area (Å²) in [6.45, 7) is 1.08. The molecule has 0 spiro atoms. The first-order valence-electron chi connectivity index (χ1n) is 7.70. The van der Waals surface area contributed by atoms with E-state index in [1.807, 2.05) is 24.3 Å². The molecule has 3 rings (SSSR count). The van der Waals surface area contributed by atoms with Crippen LogP contribution < -0.4 is 10.1 Å². The Labute approximate surface area is 139 Å². The van der Waals surface area contributed by atoms with Crippen molar-refractivity contribution in [2.45, 2.75) is 6.42 Å². The first kappa shape index (κ1) is 16.0. The van der Waals surface area contributed by atoms with E-state index in [1.54, 1.807) is 0 Å². The van der Waals surface area contributed by atoms with E-state index in [1.165, 1.54) is 25.4 Å². The predicted octanol–water partition coefficient (Wildman–Crippen LogP) is 1.85. The van der Waals surface area contributed by atoms with Gasteiger partial charge in [0.15, 0.2) is 0 Å². The lowest BCUT2D eigenvalue weighted by atomic mass is 9.97. The summed E-state index contributed by atoms with van der Waals surface area (Å²) in [6, 6.07) is 11.0. The van der Waals surface area contributed by atoms with E-state index in [0.717, 1.165) is 17.7 Å². The van der Waals surface area contributed by atoms with Gasteiger partial charge in [-0.25, -0.2) is 4.79 Å². The third-order valence-electron chi connectivity index (χ3n) is 3.92. The van der Waals surface area contributed by atoms with Crippen molar-refractivity contribution in [3.05, 3.63) is 59.4 Å². The molecule has 0 fully saturated rings. The van der Waals surface area contributed by atoms with Gasteiger partial charge in [-0.05, 0) is 30.2 Å². The van der Waals surface area contributed by atoms with Gasteiger partial charge in [-0.3, -0.25) is 9.78 Å². The molecule has 6 nitrogen and oxygen atoms in total. The Hall–Kier alpha value is -2.89. The van der Waals surface area contributed by atoms with Crippen LogP contribution in [-0.2, 0) is 11.2 Å². The normalized spacial score (nSPS) is 15.8. The van der Waals surface area contributed by atoms with Gasteiger partial charge in [-0.15, -0.1) is 0 Å². The van der Waals surface area contributed by atoms with E-state index in [0.29, 0.717) is 18.7 Å². The summed E-state index contributed by atoms with van der Waals surface area (Å²) < 4.78 is 10.3. The van der Waals surface area contributed by atoms with Crippen molar-refractivity contribution in [1.29, 1.82) is 0 Å². The maximum Gasteiger partial charge on any atom is 0.339 e. The largest absolute Gasteiger partial charge is 0.493 e. The molecule has 1 amide bonds. The summed E-state index contributed by atoms with van der Waals surface area (Å²) in [5.74, 6) is 0.385. The summed E-state index contributed by atoms with van der Waals surface area (Å²) in [4.78, 5) is 27.5. The molecule has 1 aliphatic heterocycles. The molecule has 2 aromatic rings. The molecule has 2 heterocycles. The third-order valence-corrected chi connectivity index (χ3v) is 3.92. The number of fused-ring (bicyclic) bond motifs is 1. The number of nitrogens with zero attached hydrogens (tertiary/aromatic N) is 1. The van der Waals surface area contributed by atoms with Crippen LogP contribution in [0.5, 0.6) is 5.75 Å². The third kappa shape index (κ3) is 3.53. The first-order valence-corrected chi connectivity index (χ1v) is 7.70. The molecule has 0 bridgehead atoms. The number of aromatic nitrogens is 1. The quantitative estimate of drug-likeness (QED) is 0.868. The summed E-state index contributed by atoms with van der Waals surface area (Å²) in [6.07, 6.45) is 2.20. The van der Waals surface area contributed by atoms with Crippen molar-refractivity contribution in [3.8, 4) is 5.75 Å². The minimum Gasteiger partial charge on any atom is -0.493 e. The summed E-state index contributed by atoms with van der Waals surface area (Å²) >= 11 is 0. The SMILES string of the molecule is COC(=O)c1ccc(C(=O)NCC2COc3ccccc3C2)nc1. The Kier molecular flexibility index (Phi) is 4.74. The highest BCUT2D eigenvalue weighted by molar-refractivity contribution is 5.94. The highest BCUT2D eigenvalue weighted by Crippen LogP contribution is 2.26. The lowest BCUT2D eigenvalue weighted by molar-refractivity contribution is 0.0599. The zero-order chi connectivity index (χ0) is 16.9. The second-order valence-electron chi connectivity index (χ2n) is 5.62. The van der Waals surface area contributed by atoms with E-state index in [-0.39, 0.29) is 17.5 Å². The van der Waals surface area contributed by atoms with Gasteiger partial charge in [-0.2, -0.15) is 0 Å². The van der Waals surface area contributed by atoms with Crippen LogP contribution >= 0.6 is 0 Å². The van der Waals surface area contributed by atoms with Crippen molar-refractivity contribution in [2.75, 3.05) is 20.3 Å². The maximum atomic E-state index is 12.2. The number of rotatable bonds is 4. The molecule has 1 aromatic carbocycles. The summed E-state index contributed by atoms with van der Waals surface area (Å²) in [5.41, 5.74) is 1.73. The van der Waals surface area contributed by atoms with Crippen LogP contribution in [0.3, 0.4) is 0 Å². The molecule has 1 aromatic heterocycles. The van der Waals surface area contributed by atoms with E-state index in [9.17, 15) is 9.59 Å². The number of benzene rings is 1. The van der Waals surface area contributed by atoms with E-state index >= 15 is 0 Å². The fourth-order valence-electron chi connectivity index (χ4n) is 2.62. The molecule has 6 heteroatoms. The second-order valence-corrected chi connectivity index (χ2v) is 5.62. The Morgan fingerprint density at radius 1 is 1.29 bits per heavy atom. The number of para-hydroxylation sites is 1. The topological polar surface area (TPSA) is 77.5 Å². The van der Waals surface area contributed by atoms with E-state index in [2.05, 4.69) is 15.0 Å². The highest BCUT2D eigenvalue weighted by Gasteiger charge is 2.20. The number of hydrogen-bond donors (Lipinski definition) is 1. The van der Waals surface area contributed by atoms with Gasteiger partial charge < -0.3 is 14.8 Å². The number of pyridine rings is 1. The van der Waals surface area contributed by atoms with E-state index in [4.69, 9.17) is 4.74 Å². The fraction of sp³-hybridized carbons (Fsp3) is 0.278. The van der Waals surface area contributed by atoms with Crippen LogP contribution in [0.4, 0.5) is 0 Å². The monoisotopic (exact) mass is 326 g/mol. The van der Waals surface area contributed by atoms with Crippen molar-refractivity contribution in [1.82, 2.24) is 10.3 Å². The highest BCUT2D eigenvalue weighted by atomic mass is 16.5. The average molecular weight is 326 g/mol. The minimum absolute atomic E-state index is 0.221. The zero-order valence-corrected chi connectivity index (χ0v) is 13.3. The molecule has 24 heavy (non-hydrogen) atoms. The molecular formula is C18H18N2O4. The molecule has 1 aliphatic rings. The molecule has 1 unspecified atom stereocenters. The molecule has 124 valence electrons. The lowest BCUT2D eigenvalue weighted by Crippen LogP contribution is -2.35. The standard InChI is InChI=1S/C18H18N2O4/c1-23-18(22)14-6-7-15(19-10-14)17(21)20-9-12-8-13-4-2-3-5-16(13)24-11-12/h2-7,10,12H,8-9,11H2,1H3,(H,20,21). The van der Waals surface area contributed by atoms with Gasteiger partial charge in [0.05, 0.1) is 19.3 Å². The van der Waals surface area contributed by atoms with Crippen molar-refractivity contribution in [3.63, 3.8) is 0 Å². The predicted molar refractivity (Wildman–Crippen MR) is 87.0 cm³/mol. The average Bonchev–Trinajstić information content (AvgIpc) is 2.65. The lowest BCUT2D eigenvalue weighted by Gasteiger charge is -2.25. The number of ether oxygens (including phenoxy) is 2. The molecule has 0 saturated carbocycles. The smallest absolute Gasteiger partial charge is 0.339 e. The minimum atomic E-state index is -0.479. The van der Waals surface area contributed by atoms with Crippen LogP contribution in [0.25, 0.3) is 0 Å². The van der Waals surface area contributed by atoms with Crippen molar-refractivity contribution in [2.24, 2.45) is 5.92 Å². The molecule has 0 saturated heterocycles. The van der Waals surface area contributed by atoms with Crippen LogP contribution in [0.2, 0.25) is 0 Å². The molecular weight excluding hydrogens is 308 g/mol. The molecule has 1 N–H and O–H groups in total. The van der Waals surface area contributed by atoms with Crippen LogP contribution in [0, 0.1) is 5.92 Å². The number of hydrogen-bond acceptors (Lipinski definition) is 5. The fourth-order valence-corrected chi connectivity index (χ4v) is 2.62. The maximum absolute atomic E-state index is 12.2. The molecule has 1 atom stereocenters. The van der Waals surface area contributed by atoms with E-state index < -0.39 is 5.97 Å². The van der Waals surface area contributed by atoms with Gasteiger partial charge in [0.2, 0.25) is 0 Å². The van der Waals surface area contributed by atoms with Crippen LogP contribution in [0.15, 0.2) is 42.6 Å². The van der Waals surface area contributed by atoms with Crippen molar-refractivity contribution >= 4 is 11.9 Å². The Balaban J connectivity index is 1.55. The first-order chi connectivity index (χ1) is 11.7. The zero-order valence-electron chi connectivity index (χ0n) is 13.3. The Morgan fingerprint density at radius 3 is 2.88 bits per heavy atom. The number of esters is 1. The number of methoxy groups -OCH3 is 1. The van der Waals surface area contributed by atoms with Gasteiger partial charge >= 0.3 is 5.97 Å². The van der Waals surface area contributed by atoms with Crippen LogP contribution in [-0.4, -0.2) is 37.1 Å². The number of nitrogens with one attached hydrogen (secondary N) is 1. The molecule has 0 radical (unpaired) electrons. The van der Waals surface area contributed by atoms with Gasteiger partial charge in [0, 0.05) is 18.7 Å². The molecule has 0 aliphatic carbocycles. The number of carbonyl (C=O) groups excluding carboxylic acids is 2. The van der Waals surface area contributed by atoms with Crippen LogP contribution in [0.1, 0.15) is 26.4 Å². The van der Waals surface area contributed by atoms with Crippen molar-refractivity contribution < 1.29 is 19.1 Å². The Bertz CT molecular complexity index is 743.